The number of hydrogen-bond acceptors (Lipinski definition) is 3. The third-order valence-corrected chi connectivity index (χ3v) is 2.80. The van der Waals surface area contributed by atoms with Gasteiger partial charge in [0.2, 0.25) is 5.91 Å². The summed E-state index contributed by atoms with van der Waals surface area (Å²) in [6.07, 6.45) is 0. The zero-order valence-corrected chi connectivity index (χ0v) is 11.6. The predicted molar refractivity (Wildman–Crippen MR) is 86.2 cm³/mol. The first-order chi connectivity index (χ1) is 10.4. The Kier molecular flexibility index (Phi) is 5.78. The largest absolute Gasteiger partial charge is 0.397 e. The molecule has 0 saturated heterocycles. The number of nitrogens with one attached hydrogen (secondary N) is 2. The summed E-state index contributed by atoms with van der Waals surface area (Å²) in [5.41, 5.74) is 5.79. The lowest BCUT2D eigenvalue weighted by Crippen LogP contribution is -2.15. The summed E-state index contributed by atoms with van der Waals surface area (Å²) in [5, 5.41) is 4.80. The third kappa shape index (κ3) is 4.50. The Hall–Kier alpha value is -2.96. The van der Waals surface area contributed by atoms with Gasteiger partial charge in [0.05, 0.1) is 16.9 Å². The molecule has 0 heterocycles. The van der Waals surface area contributed by atoms with Crippen LogP contribution in [-0.4, -0.2) is 11.8 Å². The van der Waals surface area contributed by atoms with Crippen LogP contribution < -0.4 is 16.4 Å². The van der Waals surface area contributed by atoms with E-state index in [0.717, 1.165) is 18.2 Å². The summed E-state index contributed by atoms with van der Waals surface area (Å²) >= 11 is 0. The lowest BCUT2D eigenvalue weighted by molar-refractivity contribution is -0.114. The van der Waals surface area contributed by atoms with Crippen molar-refractivity contribution in [2.75, 3.05) is 16.4 Å². The maximum Gasteiger partial charge on any atom is 0.258 e. The number of nitrogens with two attached hydrogens (primary N) is 1. The molecule has 0 aliphatic rings. The Morgan fingerprint density at radius 3 is 2.30 bits per heavy atom. The van der Waals surface area contributed by atoms with Crippen molar-refractivity contribution in [3.05, 3.63) is 53.6 Å². The number of amides is 2. The van der Waals surface area contributed by atoms with E-state index in [9.17, 15) is 18.4 Å². The molecule has 2 rings (SSSR count). The van der Waals surface area contributed by atoms with Gasteiger partial charge in [0.1, 0.15) is 11.6 Å². The Labute approximate surface area is 132 Å². The number of halogens is 2. The van der Waals surface area contributed by atoms with E-state index >= 15 is 0 Å². The smallest absolute Gasteiger partial charge is 0.258 e. The fourth-order valence-corrected chi connectivity index (χ4v) is 1.82. The van der Waals surface area contributed by atoms with E-state index in [1.165, 1.54) is 25.1 Å². The zero-order chi connectivity index (χ0) is 16.3. The lowest BCUT2D eigenvalue weighted by atomic mass is 10.1. The summed E-state index contributed by atoms with van der Waals surface area (Å²) in [7, 11) is 0. The fourth-order valence-electron chi connectivity index (χ4n) is 1.82. The number of hydrogen-bond donors (Lipinski definition) is 3. The van der Waals surface area contributed by atoms with Gasteiger partial charge in [-0.05, 0) is 36.4 Å². The van der Waals surface area contributed by atoms with Crippen LogP contribution in [0, 0.1) is 11.6 Å². The van der Waals surface area contributed by atoms with E-state index in [0.29, 0.717) is 0 Å². The molecule has 2 amide bonds. The predicted octanol–water partition coefficient (Wildman–Crippen LogP) is 3.39. The van der Waals surface area contributed by atoms with Crippen molar-refractivity contribution in [2.45, 2.75) is 14.4 Å². The highest BCUT2D eigenvalue weighted by Gasteiger charge is 2.14. The van der Waals surface area contributed by atoms with Crippen LogP contribution in [0.3, 0.4) is 0 Å². The first-order valence-corrected chi connectivity index (χ1v) is 6.30. The van der Waals surface area contributed by atoms with Crippen molar-refractivity contribution in [1.29, 1.82) is 0 Å². The van der Waals surface area contributed by atoms with E-state index in [1.54, 1.807) is 0 Å². The van der Waals surface area contributed by atoms with E-state index in [-0.39, 0.29) is 36.0 Å². The molecule has 23 heavy (non-hydrogen) atoms. The molecule has 0 spiro atoms. The molecule has 5 nitrogen and oxygen atoms in total. The number of rotatable bonds is 3. The molecule has 0 aromatic heterocycles. The fraction of sp³-hybridized carbons (Fsp3) is 0.125. The SMILES string of the molecule is C.CC(=O)Nc1ccc(C(=O)Nc2ccc(F)cc2N)c(F)c1. The summed E-state index contributed by atoms with van der Waals surface area (Å²) in [5.74, 6) is -2.42. The molecule has 0 radical (unpaired) electrons. The average Bonchev–Trinajstić information content (AvgIpc) is 2.41. The van der Waals surface area contributed by atoms with Gasteiger partial charge in [-0.1, -0.05) is 7.43 Å². The maximum absolute atomic E-state index is 13.9. The molecule has 0 aliphatic heterocycles. The Morgan fingerprint density at radius 1 is 1.04 bits per heavy atom. The van der Waals surface area contributed by atoms with E-state index in [2.05, 4.69) is 10.6 Å². The normalized spacial score (nSPS) is 9.70. The average molecular weight is 321 g/mol. The van der Waals surface area contributed by atoms with E-state index in [1.807, 2.05) is 0 Å². The summed E-state index contributed by atoms with van der Waals surface area (Å²) in [6.45, 7) is 1.29. The Bertz CT molecular complexity index is 748. The minimum atomic E-state index is -0.801. The van der Waals surface area contributed by atoms with Gasteiger partial charge < -0.3 is 16.4 Å². The molecular weight excluding hydrogens is 304 g/mol. The van der Waals surface area contributed by atoms with Crippen LogP contribution in [0.25, 0.3) is 0 Å². The van der Waals surface area contributed by atoms with Crippen LogP contribution in [-0.2, 0) is 4.79 Å². The summed E-state index contributed by atoms with van der Waals surface area (Å²) < 4.78 is 26.8. The molecule has 2 aromatic carbocycles. The van der Waals surface area contributed by atoms with Crippen LogP contribution in [0.2, 0.25) is 0 Å². The second-order valence-electron chi connectivity index (χ2n) is 4.56. The number of carbonyl (C=O) groups is 2. The monoisotopic (exact) mass is 321 g/mol. The molecule has 7 heteroatoms. The third-order valence-electron chi connectivity index (χ3n) is 2.80. The first-order valence-electron chi connectivity index (χ1n) is 6.30. The van der Waals surface area contributed by atoms with Crippen molar-refractivity contribution in [3.63, 3.8) is 0 Å². The van der Waals surface area contributed by atoms with Crippen LogP contribution in [0.5, 0.6) is 0 Å². The highest BCUT2D eigenvalue weighted by Crippen LogP contribution is 2.21. The molecular formula is C16H17F2N3O2. The van der Waals surface area contributed by atoms with Crippen LogP contribution in [0.1, 0.15) is 24.7 Å². The molecule has 0 bridgehead atoms. The van der Waals surface area contributed by atoms with Crippen LogP contribution in [0.15, 0.2) is 36.4 Å². The van der Waals surface area contributed by atoms with Gasteiger partial charge in [-0.3, -0.25) is 9.59 Å². The molecule has 0 saturated carbocycles. The number of benzene rings is 2. The molecule has 122 valence electrons. The quantitative estimate of drug-likeness (QED) is 0.758. The molecule has 2 aromatic rings. The van der Waals surface area contributed by atoms with Crippen molar-refractivity contribution in [3.8, 4) is 0 Å². The molecule has 0 unspecified atom stereocenters. The van der Waals surface area contributed by atoms with Gasteiger partial charge in [-0.2, -0.15) is 0 Å². The van der Waals surface area contributed by atoms with Crippen LogP contribution in [0.4, 0.5) is 25.8 Å². The van der Waals surface area contributed by atoms with Crippen molar-refractivity contribution in [1.82, 2.24) is 0 Å². The van der Waals surface area contributed by atoms with Crippen molar-refractivity contribution < 1.29 is 18.4 Å². The summed E-state index contributed by atoms with van der Waals surface area (Å²) in [6, 6.07) is 7.12. The number of nitrogen functional groups attached to an aromatic ring is 1. The second kappa shape index (κ2) is 7.35. The molecule has 0 fully saturated rings. The topological polar surface area (TPSA) is 84.2 Å². The number of anilines is 3. The van der Waals surface area contributed by atoms with Gasteiger partial charge in [0.25, 0.3) is 5.91 Å². The zero-order valence-electron chi connectivity index (χ0n) is 11.6. The van der Waals surface area contributed by atoms with Crippen LogP contribution >= 0.6 is 0 Å². The van der Waals surface area contributed by atoms with Gasteiger partial charge in [0, 0.05) is 12.6 Å². The van der Waals surface area contributed by atoms with Gasteiger partial charge in [0.15, 0.2) is 0 Å². The molecule has 4 N–H and O–H groups in total. The van der Waals surface area contributed by atoms with Gasteiger partial charge in [-0.25, -0.2) is 8.78 Å². The number of carbonyl (C=O) groups excluding carboxylic acids is 2. The second-order valence-corrected chi connectivity index (χ2v) is 4.56. The summed E-state index contributed by atoms with van der Waals surface area (Å²) in [4.78, 5) is 22.9. The Morgan fingerprint density at radius 2 is 1.74 bits per heavy atom. The molecule has 0 aliphatic carbocycles. The standard InChI is InChI=1S/C15H13F2N3O2.CH4/c1-8(21)19-10-3-4-11(12(17)7-10)15(22)20-14-5-2-9(16)6-13(14)18;/h2-7H,18H2,1H3,(H,19,21)(H,20,22);1H4. The minimum absolute atomic E-state index is 0. The maximum atomic E-state index is 13.9. The van der Waals surface area contributed by atoms with Crippen molar-refractivity contribution in [2.24, 2.45) is 0 Å². The van der Waals surface area contributed by atoms with E-state index < -0.39 is 17.5 Å². The minimum Gasteiger partial charge on any atom is -0.397 e. The Balaban J connectivity index is 0.00000264. The highest BCUT2D eigenvalue weighted by atomic mass is 19.1. The van der Waals surface area contributed by atoms with Gasteiger partial charge in [-0.15, -0.1) is 0 Å². The lowest BCUT2D eigenvalue weighted by Gasteiger charge is -2.10. The first kappa shape index (κ1) is 18.1. The molecule has 0 atom stereocenters. The highest BCUT2D eigenvalue weighted by molar-refractivity contribution is 6.06. The van der Waals surface area contributed by atoms with E-state index in [4.69, 9.17) is 5.73 Å². The van der Waals surface area contributed by atoms with Crippen molar-refractivity contribution >= 4 is 28.9 Å². The van der Waals surface area contributed by atoms with Gasteiger partial charge >= 0.3 is 0 Å².